The van der Waals surface area contributed by atoms with Crippen LogP contribution in [0.3, 0.4) is 0 Å². The predicted octanol–water partition coefficient (Wildman–Crippen LogP) is 3.69. The maximum Gasteiger partial charge on any atom is 0.317 e. The molecule has 1 aliphatic heterocycles. The Morgan fingerprint density at radius 3 is 2.58 bits per heavy atom. The maximum atomic E-state index is 12.4. The molecule has 166 valence electrons. The van der Waals surface area contributed by atoms with Gasteiger partial charge in [-0.1, -0.05) is 12.1 Å². The molecule has 0 spiro atoms. The fraction of sp³-hybridized carbons (Fsp3) is 0.542. The molecule has 4 rings (SSSR count). The third-order valence-corrected chi connectivity index (χ3v) is 5.69. The molecule has 1 aromatic heterocycles. The van der Waals surface area contributed by atoms with E-state index in [1.165, 1.54) is 0 Å². The van der Waals surface area contributed by atoms with E-state index >= 15 is 0 Å². The van der Waals surface area contributed by atoms with Crippen LogP contribution in [0.1, 0.15) is 56.5 Å². The number of amides is 1. The van der Waals surface area contributed by atoms with E-state index in [1.807, 2.05) is 38.1 Å². The van der Waals surface area contributed by atoms with Gasteiger partial charge in [0.15, 0.2) is 18.1 Å². The first-order chi connectivity index (χ1) is 14.8. The van der Waals surface area contributed by atoms with Gasteiger partial charge >= 0.3 is 6.01 Å². The normalized spacial score (nSPS) is 21.7. The summed E-state index contributed by atoms with van der Waals surface area (Å²) in [6.45, 7) is 7.96. The minimum absolute atomic E-state index is 0.0208. The number of nitrogens with zero attached hydrogens (tertiary/aromatic N) is 2. The van der Waals surface area contributed by atoms with Crippen molar-refractivity contribution in [2.45, 2.75) is 77.5 Å². The van der Waals surface area contributed by atoms with Crippen LogP contribution in [0.4, 0.5) is 0 Å². The summed E-state index contributed by atoms with van der Waals surface area (Å²) in [6.07, 6.45) is 4.36. The fourth-order valence-corrected chi connectivity index (χ4v) is 4.33. The van der Waals surface area contributed by atoms with E-state index < -0.39 is 0 Å². The van der Waals surface area contributed by atoms with Gasteiger partial charge in [-0.05, 0) is 65.5 Å². The fourth-order valence-electron chi connectivity index (χ4n) is 4.33. The quantitative estimate of drug-likeness (QED) is 0.760. The third-order valence-electron chi connectivity index (χ3n) is 5.69. The van der Waals surface area contributed by atoms with Crippen LogP contribution in [0.5, 0.6) is 17.5 Å². The molecule has 2 aliphatic rings. The Hall–Kier alpha value is -2.83. The van der Waals surface area contributed by atoms with Crippen LogP contribution >= 0.6 is 0 Å². The molecule has 1 amide bonds. The first-order valence-electron chi connectivity index (χ1n) is 11.0. The summed E-state index contributed by atoms with van der Waals surface area (Å²) in [5, 5.41) is 3.08. The molecule has 1 fully saturated rings. The first kappa shape index (κ1) is 21.4. The monoisotopic (exact) mass is 425 g/mol. The molecule has 7 heteroatoms. The lowest BCUT2D eigenvalue weighted by molar-refractivity contribution is -0.124. The van der Waals surface area contributed by atoms with Crippen molar-refractivity contribution >= 4 is 5.91 Å². The maximum absolute atomic E-state index is 12.4. The predicted molar refractivity (Wildman–Crippen MR) is 117 cm³/mol. The van der Waals surface area contributed by atoms with E-state index in [0.29, 0.717) is 11.8 Å². The van der Waals surface area contributed by atoms with Gasteiger partial charge in [-0.25, -0.2) is 9.97 Å². The number of hydrogen-bond acceptors (Lipinski definition) is 6. The van der Waals surface area contributed by atoms with Crippen LogP contribution in [-0.2, 0) is 11.2 Å². The lowest BCUT2D eigenvalue weighted by atomic mass is 9.93. The average Bonchev–Trinajstić information content (AvgIpc) is 3.01. The van der Waals surface area contributed by atoms with Crippen LogP contribution in [0.2, 0.25) is 0 Å². The highest BCUT2D eigenvalue weighted by atomic mass is 16.5. The van der Waals surface area contributed by atoms with Crippen molar-refractivity contribution in [3.8, 4) is 17.5 Å². The van der Waals surface area contributed by atoms with Crippen molar-refractivity contribution in [2.75, 3.05) is 6.61 Å². The highest BCUT2D eigenvalue weighted by molar-refractivity contribution is 5.78. The van der Waals surface area contributed by atoms with Crippen molar-refractivity contribution < 1.29 is 19.0 Å². The second kappa shape index (κ2) is 8.73. The summed E-state index contributed by atoms with van der Waals surface area (Å²) in [4.78, 5) is 21.1. The summed E-state index contributed by atoms with van der Waals surface area (Å²) in [5.74, 6) is 1.27. The smallest absolute Gasteiger partial charge is 0.317 e. The molecule has 2 heterocycles. The molecule has 2 aromatic rings. The molecule has 1 saturated carbocycles. The topological polar surface area (TPSA) is 82.6 Å². The summed E-state index contributed by atoms with van der Waals surface area (Å²) in [7, 11) is 0. The number of nitrogens with one attached hydrogen (secondary N) is 1. The highest BCUT2D eigenvalue weighted by Crippen LogP contribution is 2.41. The van der Waals surface area contributed by atoms with Crippen molar-refractivity contribution in [3.63, 3.8) is 0 Å². The number of aromatic nitrogens is 2. The zero-order chi connectivity index (χ0) is 22.0. The van der Waals surface area contributed by atoms with Crippen LogP contribution in [0.15, 0.2) is 24.3 Å². The summed E-state index contributed by atoms with van der Waals surface area (Å²) >= 11 is 0. The van der Waals surface area contributed by atoms with Gasteiger partial charge in [0.1, 0.15) is 11.7 Å². The zero-order valence-corrected chi connectivity index (χ0v) is 18.7. The molecule has 1 aliphatic carbocycles. The van der Waals surface area contributed by atoms with Crippen molar-refractivity contribution in [1.29, 1.82) is 0 Å². The molecule has 0 saturated heterocycles. The standard InChI is InChI=1S/C24H31N3O4/c1-15-12-16(2)26-23(25-15)30-19-10-8-18(9-11-19)27-21(28)14-29-20-7-5-6-17-13-24(3,4)31-22(17)20/h5-7,12,18-19H,8-11,13-14H2,1-4H3,(H,27,28). The number of carbonyl (C=O) groups excluding carboxylic acids is 1. The number of para-hydroxylation sites is 1. The van der Waals surface area contributed by atoms with E-state index in [1.54, 1.807) is 0 Å². The zero-order valence-electron chi connectivity index (χ0n) is 18.7. The van der Waals surface area contributed by atoms with Gasteiger partial charge in [0, 0.05) is 29.4 Å². The van der Waals surface area contributed by atoms with Gasteiger partial charge in [0.25, 0.3) is 5.91 Å². The van der Waals surface area contributed by atoms with Crippen LogP contribution in [0, 0.1) is 13.8 Å². The minimum atomic E-state index is -0.243. The minimum Gasteiger partial charge on any atom is -0.483 e. The molecule has 0 unspecified atom stereocenters. The Labute approximate surface area is 183 Å². The van der Waals surface area contributed by atoms with Gasteiger partial charge in [-0.15, -0.1) is 0 Å². The Morgan fingerprint density at radius 2 is 1.87 bits per heavy atom. The largest absolute Gasteiger partial charge is 0.483 e. The van der Waals surface area contributed by atoms with Crippen molar-refractivity contribution in [3.05, 3.63) is 41.2 Å². The molecule has 0 atom stereocenters. The van der Waals surface area contributed by atoms with Crippen LogP contribution in [0.25, 0.3) is 0 Å². The number of benzene rings is 1. The van der Waals surface area contributed by atoms with E-state index in [2.05, 4.69) is 29.1 Å². The van der Waals surface area contributed by atoms with Crippen LogP contribution in [-0.4, -0.2) is 40.2 Å². The number of aryl methyl sites for hydroxylation is 2. The van der Waals surface area contributed by atoms with Gasteiger partial charge in [-0.2, -0.15) is 0 Å². The van der Waals surface area contributed by atoms with Crippen molar-refractivity contribution in [1.82, 2.24) is 15.3 Å². The molecular weight excluding hydrogens is 394 g/mol. The second-order valence-electron chi connectivity index (χ2n) is 9.16. The Kier molecular flexibility index (Phi) is 6.03. The van der Waals surface area contributed by atoms with Gasteiger partial charge in [-0.3, -0.25) is 4.79 Å². The lowest BCUT2D eigenvalue weighted by Gasteiger charge is -2.29. The number of ether oxygens (including phenoxy) is 3. The van der Waals surface area contributed by atoms with Crippen molar-refractivity contribution in [2.24, 2.45) is 0 Å². The number of carbonyl (C=O) groups is 1. The molecule has 0 radical (unpaired) electrons. The highest BCUT2D eigenvalue weighted by Gasteiger charge is 2.32. The van der Waals surface area contributed by atoms with E-state index in [0.717, 1.165) is 54.8 Å². The van der Waals surface area contributed by atoms with Gasteiger partial charge in [0.2, 0.25) is 0 Å². The van der Waals surface area contributed by atoms with Crippen LogP contribution < -0.4 is 19.5 Å². The Balaban J connectivity index is 1.23. The molecule has 1 N–H and O–H groups in total. The molecule has 1 aromatic carbocycles. The molecule has 31 heavy (non-hydrogen) atoms. The molecule has 7 nitrogen and oxygen atoms in total. The van der Waals surface area contributed by atoms with E-state index in [-0.39, 0.29) is 30.3 Å². The summed E-state index contributed by atoms with van der Waals surface area (Å²) < 4.78 is 17.8. The summed E-state index contributed by atoms with van der Waals surface area (Å²) in [5.41, 5.74) is 2.68. The Morgan fingerprint density at radius 1 is 1.16 bits per heavy atom. The number of rotatable bonds is 6. The Bertz CT molecular complexity index is 932. The van der Waals surface area contributed by atoms with E-state index in [9.17, 15) is 4.79 Å². The van der Waals surface area contributed by atoms with Gasteiger partial charge in [0.05, 0.1) is 0 Å². The molecule has 0 bridgehead atoms. The lowest BCUT2D eigenvalue weighted by Crippen LogP contribution is -2.41. The number of hydrogen-bond donors (Lipinski definition) is 1. The average molecular weight is 426 g/mol. The van der Waals surface area contributed by atoms with E-state index in [4.69, 9.17) is 14.2 Å². The van der Waals surface area contributed by atoms with Gasteiger partial charge < -0.3 is 19.5 Å². The number of fused-ring (bicyclic) bond motifs is 1. The second-order valence-corrected chi connectivity index (χ2v) is 9.16. The first-order valence-corrected chi connectivity index (χ1v) is 11.0. The SMILES string of the molecule is Cc1cc(C)nc(OC2CCC(NC(=O)COc3cccc4c3OC(C)(C)C4)CC2)n1. The third kappa shape index (κ3) is 5.46. The summed E-state index contributed by atoms with van der Waals surface area (Å²) in [6, 6.07) is 8.34. The molecular formula is C24H31N3O4.